The highest BCUT2D eigenvalue weighted by atomic mass is 16.5. The normalized spacial score (nSPS) is 20.8. The fraction of sp³-hybridized carbons (Fsp3) is 0.458. The van der Waals surface area contributed by atoms with Gasteiger partial charge in [-0.15, -0.1) is 0 Å². The Morgan fingerprint density at radius 1 is 0.778 bits per heavy atom. The molecule has 6 nitrogen and oxygen atoms in total. The van der Waals surface area contributed by atoms with Crippen LogP contribution in [-0.4, -0.2) is 24.0 Å². The van der Waals surface area contributed by atoms with Crippen molar-refractivity contribution in [2.24, 2.45) is 33.7 Å². The van der Waals surface area contributed by atoms with Crippen LogP contribution in [0.4, 0.5) is 11.4 Å². The summed E-state index contributed by atoms with van der Waals surface area (Å²) in [6.45, 7) is 21.7. The van der Waals surface area contributed by atoms with E-state index in [2.05, 4.69) is 78.8 Å². The van der Waals surface area contributed by atoms with Crippen molar-refractivity contribution >= 4 is 35.4 Å². The quantitative estimate of drug-likeness (QED) is 0.184. The number of hydrogen-bond acceptors (Lipinski definition) is 6. The van der Waals surface area contributed by atoms with E-state index in [1.807, 2.05) is 57.5 Å². The molecule has 54 heavy (non-hydrogen) atoms. The Labute approximate surface area is 323 Å². The zero-order valence-electron chi connectivity index (χ0n) is 34.2. The molecule has 6 heteroatoms. The van der Waals surface area contributed by atoms with Gasteiger partial charge in [-0.3, -0.25) is 19.6 Å². The number of carbonyl (C=O) groups is 2. The molecule has 3 aromatic carbocycles. The third-order valence-electron chi connectivity index (χ3n) is 11.5. The summed E-state index contributed by atoms with van der Waals surface area (Å²) in [5.74, 6) is 2.60. The summed E-state index contributed by atoms with van der Waals surface area (Å²) in [5, 5.41) is 0. The van der Waals surface area contributed by atoms with Gasteiger partial charge < -0.3 is 9.47 Å². The van der Waals surface area contributed by atoms with Crippen LogP contribution in [0.15, 0.2) is 75.7 Å². The molecule has 2 aliphatic heterocycles. The minimum atomic E-state index is -0.112. The molecule has 0 saturated carbocycles. The predicted octanol–water partition coefficient (Wildman–Crippen LogP) is 12.8. The van der Waals surface area contributed by atoms with E-state index in [0.717, 1.165) is 59.4 Å². The van der Waals surface area contributed by atoms with E-state index in [1.165, 1.54) is 16.7 Å². The van der Waals surface area contributed by atoms with Crippen molar-refractivity contribution in [3.8, 4) is 11.5 Å². The molecule has 5 rings (SSSR count). The lowest BCUT2D eigenvalue weighted by atomic mass is 9.77. The molecule has 0 saturated heterocycles. The number of carbonyl (C=O) groups excluding carboxylic acids is 2. The Kier molecular flexibility index (Phi) is 13.7. The number of aryl methyl sites for hydroxylation is 2. The molecular formula is C48H60N2O4. The van der Waals surface area contributed by atoms with Crippen LogP contribution < -0.4 is 9.47 Å². The SMILES string of the molecule is C/C=C(/C)CC1C=Nc2cc(OCc3cc(COc4cc5c(cc4C)C(=O)C(C)C(C)C(C/C(C)=C\C)C=N5)cc(C(C)C)c3)c(C)cc2C(=O)CCC1. The van der Waals surface area contributed by atoms with Crippen LogP contribution in [0.25, 0.3) is 0 Å². The van der Waals surface area contributed by atoms with Gasteiger partial charge in [-0.1, -0.05) is 63.1 Å². The molecule has 0 aromatic heterocycles. The minimum Gasteiger partial charge on any atom is -0.489 e. The maximum Gasteiger partial charge on any atom is 0.168 e. The monoisotopic (exact) mass is 728 g/mol. The maximum absolute atomic E-state index is 13.7. The first-order valence-corrected chi connectivity index (χ1v) is 19.8. The molecule has 0 N–H and O–H groups in total. The molecule has 2 aliphatic rings. The van der Waals surface area contributed by atoms with Crippen molar-refractivity contribution in [3.05, 3.63) is 105 Å². The van der Waals surface area contributed by atoms with Crippen LogP contribution in [0.5, 0.6) is 11.5 Å². The number of ketones is 2. The van der Waals surface area contributed by atoms with Crippen LogP contribution in [0.3, 0.4) is 0 Å². The highest BCUT2D eigenvalue weighted by Crippen LogP contribution is 2.38. The molecule has 0 amide bonds. The average Bonchev–Trinajstić information content (AvgIpc) is 3.22. The Morgan fingerprint density at radius 2 is 1.33 bits per heavy atom. The largest absolute Gasteiger partial charge is 0.489 e. The van der Waals surface area contributed by atoms with Gasteiger partial charge in [0.05, 0.1) is 11.4 Å². The molecule has 3 aromatic rings. The number of allylic oxidation sites excluding steroid dienone is 4. The van der Waals surface area contributed by atoms with E-state index < -0.39 is 0 Å². The van der Waals surface area contributed by atoms with E-state index in [9.17, 15) is 9.59 Å². The molecule has 2 heterocycles. The number of aliphatic imine (C=N–C) groups is 2. The van der Waals surface area contributed by atoms with E-state index in [0.29, 0.717) is 54.0 Å². The molecule has 4 atom stereocenters. The highest BCUT2D eigenvalue weighted by Gasteiger charge is 2.31. The van der Waals surface area contributed by atoms with Crippen molar-refractivity contribution in [1.29, 1.82) is 0 Å². The summed E-state index contributed by atoms with van der Waals surface area (Å²) < 4.78 is 13.0. The summed E-state index contributed by atoms with van der Waals surface area (Å²) >= 11 is 0. The van der Waals surface area contributed by atoms with Crippen LogP contribution in [0, 0.1) is 37.5 Å². The zero-order chi connectivity index (χ0) is 39.1. The standard InChI is InChI=1S/C48H60N2O4/c1-11-30(5)16-36-14-13-15-45(51)41-18-32(7)46(23-43(41)49-25-36)53-27-37-20-38(22-39(21-37)29(3)4)28-54-47-24-44-42(19-33(47)8)48(52)35(10)34(9)40(26-50-44)17-31(6)12-2/h11-12,18-26,29,34-36,40H,13-17,27-28H2,1-10H3/b30-11-,31-12-,49-25?,50-26?. The molecule has 0 bridgehead atoms. The number of Topliss-reactive ketones (excluding diaryl/α,β-unsaturated/α-hetero) is 2. The number of nitrogens with zero attached hydrogens (tertiary/aromatic N) is 2. The van der Waals surface area contributed by atoms with Crippen LogP contribution in [-0.2, 0) is 13.2 Å². The van der Waals surface area contributed by atoms with Gasteiger partial charge in [0, 0.05) is 53.9 Å². The van der Waals surface area contributed by atoms with E-state index >= 15 is 0 Å². The fourth-order valence-electron chi connectivity index (χ4n) is 7.41. The van der Waals surface area contributed by atoms with E-state index in [4.69, 9.17) is 19.5 Å². The lowest BCUT2D eigenvalue weighted by Crippen LogP contribution is -2.28. The fourth-order valence-corrected chi connectivity index (χ4v) is 7.41. The van der Waals surface area contributed by atoms with Crippen molar-refractivity contribution < 1.29 is 19.1 Å². The molecule has 0 aliphatic carbocycles. The Bertz CT molecular complexity index is 1980. The third kappa shape index (κ3) is 9.93. The topological polar surface area (TPSA) is 77.3 Å². The van der Waals surface area contributed by atoms with Gasteiger partial charge in [0.2, 0.25) is 0 Å². The first-order chi connectivity index (χ1) is 25.8. The second-order valence-electron chi connectivity index (χ2n) is 16.1. The van der Waals surface area contributed by atoms with Gasteiger partial charge in [0.1, 0.15) is 24.7 Å². The summed E-state index contributed by atoms with van der Waals surface area (Å²) in [4.78, 5) is 36.6. The second kappa shape index (κ2) is 18.2. The minimum absolute atomic E-state index is 0.112. The Morgan fingerprint density at radius 3 is 1.93 bits per heavy atom. The van der Waals surface area contributed by atoms with Gasteiger partial charge in [0.15, 0.2) is 11.6 Å². The van der Waals surface area contributed by atoms with Crippen LogP contribution in [0.2, 0.25) is 0 Å². The van der Waals surface area contributed by atoms with Gasteiger partial charge >= 0.3 is 0 Å². The average molecular weight is 729 g/mol. The van der Waals surface area contributed by atoms with Crippen molar-refractivity contribution in [2.75, 3.05) is 0 Å². The van der Waals surface area contributed by atoms with Crippen molar-refractivity contribution in [2.45, 2.75) is 120 Å². The van der Waals surface area contributed by atoms with Gasteiger partial charge in [0.25, 0.3) is 0 Å². The molecule has 4 unspecified atom stereocenters. The Hall–Kier alpha value is -4.58. The predicted molar refractivity (Wildman–Crippen MR) is 224 cm³/mol. The number of rotatable bonds is 11. The van der Waals surface area contributed by atoms with Gasteiger partial charge in [-0.05, 0) is 131 Å². The van der Waals surface area contributed by atoms with Gasteiger partial charge in [-0.25, -0.2) is 0 Å². The second-order valence-corrected chi connectivity index (χ2v) is 16.1. The van der Waals surface area contributed by atoms with Crippen LogP contribution in [0.1, 0.15) is 142 Å². The van der Waals surface area contributed by atoms with Gasteiger partial charge in [-0.2, -0.15) is 0 Å². The highest BCUT2D eigenvalue weighted by molar-refractivity contribution is 6.04. The molecular weight excluding hydrogens is 669 g/mol. The maximum atomic E-state index is 13.7. The lowest BCUT2D eigenvalue weighted by Gasteiger charge is -2.28. The first kappa shape index (κ1) is 40.6. The molecule has 0 fully saturated rings. The smallest absolute Gasteiger partial charge is 0.168 e. The summed E-state index contributed by atoms with van der Waals surface area (Å²) in [5.41, 5.74) is 10.4. The number of ether oxygens (including phenoxy) is 2. The lowest BCUT2D eigenvalue weighted by molar-refractivity contribution is 0.0877. The van der Waals surface area contributed by atoms with E-state index in [1.54, 1.807) is 0 Å². The Balaban J connectivity index is 1.37. The number of fused-ring (bicyclic) bond motifs is 2. The summed E-state index contributed by atoms with van der Waals surface area (Å²) in [7, 11) is 0. The number of benzene rings is 3. The van der Waals surface area contributed by atoms with Crippen LogP contribution >= 0.6 is 0 Å². The zero-order valence-corrected chi connectivity index (χ0v) is 34.2. The van der Waals surface area contributed by atoms with Crippen molar-refractivity contribution in [1.82, 2.24) is 0 Å². The molecule has 0 radical (unpaired) electrons. The van der Waals surface area contributed by atoms with Crippen molar-refractivity contribution in [3.63, 3.8) is 0 Å². The summed E-state index contributed by atoms with van der Waals surface area (Å²) in [6, 6.07) is 14.3. The number of hydrogen-bond donors (Lipinski definition) is 0. The summed E-state index contributed by atoms with van der Waals surface area (Å²) in [6.07, 6.45) is 12.5. The first-order valence-electron chi connectivity index (χ1n) is 19.8. The molecule has 286 valence electrons. The third-order valence-corrected chi connectivity index (χ3v) is 11.5. The molecule has 0 spiro atoms. The van der Waals surface area contributed by atoms with E-state index in [-0.39, 0.29) is 29.3 Å².